The van der Waals surface area contributed by atoms with Gasteiger partial charge in [0, 0.05) is 11.6 Å². The molecule has 0 saturated heterocycles. The third-order valence-electron chi connectivity index (χ3n) is 4.57. The number of hydrogen-bond acceptors (Lipinski definition) is 6. The van der Waals surface area contributed by atoms with Gasteiger partial charge >= 0.3 is 6.18 Å². The van der Waals surface area contributed by atoms with Crippen molar-refractivity contribution in [2.75, 3.05) is 0 Å². The molecule has 142 valence electrons. The van der Waals surface area contributed by atoms with Gasteiger partial charge in [-0.3, -0.25) is 0 Å². The van der Waals surface area contributed by atoms with E-state index in [1.807, 2.05) is 0 Å². The first kappa shape index (κ1) is 18.7. The Balaban J connectivity index is 2.30. The molecule has 1 saturated carbocycles. The molecule has 3 rings (SSSR count). The number of hydrogen-bond donors (Lipinski definition) is 3. The zero-order chi connectivity index (χ0) is 19.1. The Morgan fingerprint density at radius 2 is 1.81 bits per heavy atom. The molecular formula is C14H17F3N6O2S. The van der Waals surface area contributed by atoms with Crippen molar-refractivity contribution in [3.05, 3.63) is 23.3 Å². The van der Waals surface area contributed by atoms with Crippen LogP contribution >= 0.6 is 0 Å². The summed E-state index contributed by atoms with van der Waals surface area (Å²) in [6.45, 7) is 0. The molecule has 1 aliphatic rings. The lowest BCUT2D eigenvalue weighted by Gasteiger charge is -2.28. The van der Waals surface area contributed by atoms with E-state index in [0.29, 0.717) is 31.2 Å². The maximum atomic E-state index is 13.4. The van der Waals surface area contributed by atoms with Gasteiger partial charge in [-0.1, -0.05) is 6.07 Å². The average molecular weight is 390 g/mol. The minimum atomic E-state index is -4.91. The number of halogens is 3. The Morgan fingerprint density at radius 3 is 2.31 bits per heavy atom. The first-order valence-electron chi connectivity index (χ1n) is 7.85. The highest BCUT2D eigenvalue weighted by molar-refractivity contribution is 7.89. The molecule has 1 aromatic carbocycles. The summed E-state index contributed by atoms with van der Waals surface area (Å²) in [6, 6.07) is 2.04. The van der Waals surface area contributed by atoms with E-state index in [9.17, 15) is 21.6 Å². The number of rotatable bonds is 3. The van der Waals surface area contributed by atoms with Crippen molar-refractivity contribution >= 4 is 10.0 Å². The Hall–Kier alpha value is -2.05. The van der Waals surface area contributed by atoms with E-state index in [4.69, 9.17) is 10.9 Å². The maximum Gasteiger partial charge on any atom is 0.417 e. The fourth-order valence-electron chi connectivity index (χ4n) is 3.40. The number of aromatic amines is 1. The highest BCUT2D eigenvalue weighted by atomic mass is 32.2. The molecule has 1 aliphatic carbocycles. The Morgan fingerprint density at radius 1 is 1.15 bits per heavy atom. The van der Waals surface area contributed by atoms with Crippen molar-refractivity contribution in [3.63, 3.8) is 0 Å². The van der Waals surface area contributed by atoms with Crippen LogP contribution in [0.2, 0.25) is 0 Å². The first-order valence-corrected chi connectivity index (χ1v) is 9.40. The van der Waals surface area contributed by atoms with Crippen molar-refractivity contribution in [1.82, 2.24) is 20.6 Å². The number of nitrogens with one attached hydrogen (secondary N) is 1. The Bertz CT molecular complexity index is 890. The molecule has 5 N–H and O–H groups in total. The Kier molecular flexibility index (Phi) is 4.75. The lowest BCUT2D eigenvalue weighted by molar-refractivity contribution is -0.139. The van der Waals surface area contributed by atoms with Gasteiger partial charge < -0.3 is 5.73 Å². The molecule has 12 heteroatoms. The van der Waals surface area contributed by atoms with E-state index in [1.54, 1.807) is 0 Å². The van der Waals surface area contributed by atoms with Crippen molar-refractivity contribution < 1.29 is 21.6 Å². The van der Waals surface area contributed by atoms with Crippen LogP contribution in [-0.4, -0.2) is 35.1 Å². The molecule has 0 amide bonds. The number of aromatic nitrogens is 4. The number of sulfonamides is 1. The van der Waals surface area contributed by atoms with E-state index in [2.05, 4.69) is 20.6 Å². The van der Waals surface area contributed by atoms with Gasteiger partial charge in [0.2, 0.25) is 10.0 Å². The summed E-state index contributed by atoms with van der Waals surface area (Å²) in [4.78, 5) is -1.02. The summed E-state index contributed by atoms with van der Waals surface area (Å²) < 4.78 is 64.4. The van der Waals surface area contributed by atoms with Gasteiger partial charge in [-0.15, -0.1) is 5.10 Å². The molecule has 26 heavy (non-hydrogen) atoms. The van der Waals surface area contributed by atoms with E-state index in [1.165, 1.54) is 6.07 Å². The summed E-state index contributed by atoms with van der Waals surface area (Å²) in [5, 5.41) is 17.8. The van der Waals surface area contributed by atoms with Gasteiger partial charge in [-0.25, -0.2) is 18.7 Å². The van der Waals surface area contributed by atoms with E-state index in [0.717, 1.165) is 6.07 Å². The number of tetrazole rings is 1. The monoisotopic (exact) mass is 390 g/mol. The van der Waals surface area contributed by atoms with Gasteiger partial charge in [0.15, 0.2) is 5.82 Å². The van der Waals surface area contributed by atoms with Crippen molar-refractivity contribution in [2.45, 2.75) is 48.7 Å². The number of H-pyrrole nitrogens is 1. The van der Waals surface area contributed by atoms with Gasteiger partial charge in [0.1, 0.15) is 4.90 Å². The smallest absolute Gasteiger partial charge is 0.328 e. The average Bonchev–Trinajstić information content (AvgIpc) is 3.06. The molecule has 0 bridgehead atoms. The second kappa shape index (κ2) is 6.59. The zero-order valence-corrected chi connectivity index (χ0v) is 14.3. The number of alkyl halides is 3. The van der Waals surface area contributed by atoms with Crippen LogP contribution in [0.3, 0.4) is 0 Å². The van der Waals surface area contributed by atoms with Gasteiger partial charge in [-0.2, -0.15) is 13.2 Å². The van der Waals surface area contributed by atoms with Crippen molar-refractivity contribution in [3.8, 4) is 11.4 Å². The molecule has 0 radical (unpaired) electrons. The van der Waals surface area contributed by atoms with Gasteiger partial charge in [0.25, 0.3) is 0 Å². The number of nitrogens with zero attached hydrogens (tertiary/aromatic N) is 3. The highest BCUT2D eigenvalue weighted by Crippen LogP contribution is 2.44. The molecule has 0 spiro atoms. The summed E-state index contributed by atoms with van der Waals surface area (Å²) in [7, 11) is -4.71. The topological polar surface area (TPSA) is 141 Å². The quantitative estimate of drug-likeness (QED) is 0.726. The minimum absolute atomic E-state index is 0.0220. The SMILES string of the molecule is NS(=O)(=O)c1c(C(F)(F)F)ccc([C@H]2CC[C@@H](N)CC2)c1-c1nnn[nH]1. The first-order chi connectivity index (χ1) is 12.1. The fourth-order valence-corrected chi connectivity index (χ4v) is 4.39. The number of benzene rings is 1. The Labute approximate surface area is 147 Å². The van der Waals surface area contributed by atoms with Crippen LogP contribution in [0, 0.1) is 0 Å². The van der Waals surface area contributed by atoms with Crippen molar-refractivity contribution in [2.24, 2.45) is 10.9 Å². The van der Waals surface area contributed by atoms with Crippen molar-refractivity contribution in [1.29, 1.82) is 0 Å². The molecule has 2 aromatic rings. The summed E-state index contributed by atoms with van der Waals surface area (Å²) in [5.41, 5.74) is 4.72. The summed E-state index contributed by atoms with van der Waals surface area (Å²) in [6.07, 6.45) is -2.30. The molecule has 0 atom stereocenters. The fraction of sp³-hybridized carbons (Fsp3) is 0.500. The van der Waals surface area contributed by atoms with Crippen LogP contribution < -0.4 is 10.9 Å². The molecule has 0 unspecified atom stereocenters. The molecule has 0 aliphatic heterocycles. The maximum absolute atomic E-state index is 13.4. The molecule has 1 heterocycles. The molecule has 1 fully saturated rings. The normalized spacial score (nSPS) is 21.7. The van der Waals surface area contributed by atoms with E-state index >= 15 is 0 Å². The molecule has 8 nitrogen and oxygen atoms in total. The molecular weight excluding hydrogens is 373 g/mol. The van der Waals surface area contributed by atoms with Crippen LogP contribution in [0.25, 0.3) is 11.4 Å². The largest absolute Gasteiger partial charge is 0.417 e. The number of primary sulfonamides is 1. The third-order valence-corrected chi connectivity index (χ3v) is 5.57. The molecule has 1 aromatic heterocycles. The van der Waals surface area contributed by atoms with E-state index in [-0.39, 0.29) is 23.3 Å². The van der Waals surface area contributed by atoms with Gasteiger partial charge in [0.05, 0.1) is 5.56 Å². The van der Waals surface area contributed by atoms with Crippen LogP contribution in [-0.2, 0) is 16.2 Å². The lowest BCUT2D eigenvalue weighted by Crippen LogP contribution is -2.27. The summed E-state index contributed by atoms with van der Waals surface area (Å²) >= 11 is 0. The van der Waals surface area contributed by atoms with Crippen LogP contribution in [0.15, 0.2) is 17.0 Å². The second-order valence-electron chi connectivity index (χ2n) is 6.31. The van der Waals surface area contributed by atoms with Crippen LogP contribution in [0.1, 0.15) is 42.7 Å². The summed E-state index contributed by atoms with van der Waals surface area (Å²) in [5.74, 6) is -0.345. The van der Waals surface area contributed by atoms with Gasteiger partial charge in [-0.05, 0) is 53.7 Å². The van der Waals surface area contributed by atoms with Crippen LogP contribution in [0.5, 0.6) is 0 Å². The second-order valence-corrected chi connectivity index (χ2v) is 7.81. The van der Waals surface area contributed by atoms with E-state index < -0.39 is 26.7 Å². The standard InChI is InChI=1S/C14H17F3N6O2S/c15-14(16,17)10-6-5-9(7-1-3-8(18)4-2-7)11(12(10)26(19,24)25)13-20-22-23-21-13/h5-8H,1-4,18H2,(H2,19,24,25)(H,20,21,22,23)/t7-,8+. The lowest BCUT2D eigenvalue weighted by atomic mass is 9.80. The zero-order valence-electron chi connectivity index (χ0n) is 13.5. The predicted molar refractivity (Wildman–Crippen MR) is 85.2 cm³/mol. The van der Waals surface area contributed by atoms with Crippen LogP contribution in [0.4, 0.5) is 13.2 Å². The number of nitrogens with two attached hydrogens (primary N) is 2. The predicted octanol–water partition coefficient (Wildman–Crippen LogP) is 1.52. The minimum Gasteiger partial charge on any atom is -0.328 e. The highest BCUT2D eigenvalue weighted by Gasteiger charge is 2.40. The third kappa shape index (κ3) is 3.57.